The van der Waals surface area contributed by atoms with E-state index in [-0.39, 0.29) is 17.4 Å². The van der Waals surface area contributed by atoms with Gasteiger partial charge in [0.1, 0.15) is 5.82 Å². The van der Waals surface area contributed by atoms with Gasteiger partial charge in [0.25, 0.3) is 5.91 Å². The number of halogens is 1. The summed E-state index contributed by atoms with van der Waals surface area (Å²) in [6.07, 6.45) is 2.94. The number of hydrogen-bond donors (Lipinski definition) is 2. The number of hydrogen-bond acceptors (Lipinski definition) is 4. The molecule has 1 unspecified atom stereocenters. The summed E-state index contributed by atoms with van der Waals surface area (Å²) in [7, 11) is 0. The molecule has 1 atom stereocenters. The van der Waals surface area contributed by atoms with Gasteiger partial charge >= 0.3 is 0 Å². The first-order valence-electron chi connectivity index (χ1n) is 7.28. The maximum absolute atomic E-state index is 14.1. The van der Waals surface area contributed by atoms with Crippen molar-refractivity contribution in [3.05, 3.63) is 23.5 Å². The van der Waals surface area contributed by atoms with Crippen LogP contribution in [0.4, 0.5) is 15.8 Å². The van der Waals surface area contributed by atoms with Gasteiger partial charge in [0, 0.05) is 25.4 Å². The SMILES string of the molecule is CCCOC1CCCN(c2cc(C(N)=O)c(N)cc2F)C1. The Balaban J connectivity index is 2.20. The van der Waals surface area contributed by atoms with Crippen LogP contribution < -0.4 is 16.4 Å². The quantitative estimate of drug-likeness (QED) is 0.813. The van der Waals surface area contributed by atoms with Crippen LogP contribution in [0.15, 0.2) is 12.1 Å². The van der Waals surface area contributed by atoms with Gasteiger partial charge in [-0.05, 0) is 31.4 Å². The molecular formula is C15H22FN3O2. The highest BCUT2D eigenvalue weighted by Crippen LogP contribution is 2.28. The average Bonchev–Trinajstić information content (AvgIpc) is 2.45. The second kappa shape index (κ2) is 6.76. The lowest BCUT2D eigenvalue weighted by Gasteiger charge is -2.34. The van der Waals surface area contributed by atoms with Gasteiger partial charge in [-0.2, -0.15) is 0 Å². The molecule has 6 heteroatoms. The Hall–Kier alpha value is -1.82. The van der Waals surface area contributed by atoms with Gasteiger partial charge in [-0.15, -0.1) is 0 Å². The first-order valence-corrected chi connectivity index (χ1v) is 7.28. The second-order valence-electron chi connectivity index (χ2n) is 5.34. The fourth-order valence-electron chi connectivity index (χ4n) is 2.61. The van der Waals surface area contributed by atoms with Crippen molar-refractivity contribution in [2.24, 2.45) is 5.73 Å². The van der Waals surface area contributed by atoms with E-state index < -0.39 is 11.7 Å². The minimum Gasteiger partial charge on any atom is -0.398 e. The maximum Gasteiger partial charge on any atom is 0.250 e. The van der Waals surface area contributed by atoms with Crippen LogP contribution in [-0.4, -0.2) is 31.7 Å². The number of nitrogens with two attached hydrogens (primary N) is 2. The largest absolute Gasteiger partial charge is 0.398 e. The number of benzene rings is 1. The summed E-state index contributed by atoms with van der Waals surface area (Å²) >= 11 is 0. The summed E-state index contributed by atoms with van der Waals surface area (Å²) in [5.74, 6) is -1.09. The lowest BCUT2D eigenvalue weighted by molar-refractivity contribution is 0.0439. The van der Waals surface area contributed by atoms with Crippen molar-refractivity contribution < 1.29 is 13.9 Å². The lowest BCUT2D eigenvalue weighted by atomic mass is 10.0. The van der Waals surface area contributed by atoms with Gasteiger partial charge in [-0.3, -0.25) is 4.79 Å². The zero-order valence-corrected chi connectivity index (χ0v) is 12.3. The van der Waals surface area contributed by atoms with Crippen LogP contribution in [0, 0.1) is 5.82 Å². The van der Waals surface area contributed by atoms with Crippen molar-refractivity contribution in [3.63, 3.8) is 0 Å². The number of amides is 1. The zero-order valence-electron chi connectivity index (χ0n) is 12.3. The summed E-state index contributed by atoms with van der Waals surface area (Å²) in [6.45, 7) is 4.10. The first kappa shape index (κ1) is 15.6. The smallest absolute Gasteiger partial charge is 0.250 e. The van der Waals surface area contributed by atoms with E-state index in [1.807, 2.05) is 4.90 Å². The summed E-state index contributed by atoms with van der Waals surface area (Å²) in [6, 6.07) is 2.60. The first-order chi connectivity index (χ1) is 10.0. The van der Waals surface area contributed by atoms with Gasteiger partial charge in [0.2, 0.25) is 0 Å². The van der Waals surface area contributed by atoms with Gasteiger partial charge < -0.3 is 21.1 Å². The van der Waals surface area contributed by atoms with E-state index in [1.165, 1.54) is 6.07 Å². The number of ether oxygens (including phenoxy) is 1. The molecule has 116 valence electrons. The average molecular weight is 295 g/mol. The molecule has 1 aromatic carbocycles. The van der Waals surface area contributed by atoms with Gasteiger partial charge in [0.15, 0.2) is 0 Å². The topological polar surface area (TPSA) is 81.6 Å². The third-order valence-corrected chi connectivity index (χ3v) is 3.66. The molecule has 1 heterocycles. The molecule has 0 aromatic heterocycles. The van der Waals surface area contributed by atoms with Crippen LogP contribution in [0.3, 0.4) is 0 Å². The monoisotopic (exact) mass is 295 g/mol. The number of nitrogen functional groups attached to an aromatic ring is 1. The molecule has 0 aliphatic carbocycles. The summed E-state index contributed by atoms with van der Waals surface area (Å²) in [5, 5.41) is 0. The highest BCUT2D eigenvalue weighted by molar-refractivity contribution is 5.99. The standard InChI is InChI=1S/C15H22FN3O2/c1-2-6-21-10-4-3-5-19(9-10)14-7-11(15(18)20)13(17)8-12(14)16/h7-8,10H,2-6,9,17H2,1H3,(H2,18,20). The molecule has 1 aliphatic rings. The molecule has 1 aliphatic heterocycles. The fraction of sp³-hybridized carbons (Fsp3) is 0.533. The third kappa shape index (κ3) is 3.64. The molecular weight excluding hydrogens is 273 g/mol. The highest BCUT2D eigenvalue weighted by Gasteiger charge is 2.24. The molecule has 5 nitrogen and oxygen atoms in total. The van der Waals surface area contributed by atoms with Crippen LogP contribution in [0.1, 0.15) is 36.5 Å². The predicted octanol–water partition coefficient (Wildman–Crippen LogP) is 1.90. The van der Waals surface area contributed by atoms with E-state index >= 15 is 0 Å². The van der Waals surface area contributed by atoms with Crippen molar-refractivity contribution in [2.45, 2.75) is 32.3 Å². The number of primary amides is 1. The Morgan fingerprint density at radius 3 is 2.95 bits per heavy atom. The lowest BCUT2D eigenvalue weighted by Crippen LogP contribution is -2.40. The number of piperidine rings is 1. The number of carbonyl (C=O) groups excluding carboxylic acids is 1. The van der Waals surface area contributed by atoms with E-state index in [4.69, 9.17) is 16.2 Å². The molecule has 2 rings (SSSR count). The van der Waals surface area contributed by atoms with Gasteiger partial charge in [0.05, 0.1) is 17.4 Å². The van der Waals surface area contributed by atoms with Crippen molar-refractivity contribution in [3.8, 4) is 0 Å². The number of nitrogens with zero attached hydrogens (tertiary/aromatic N) is 1. The fourth-order valence-corrected chi connectivity index (χ4v) is 2.61. The Morgan fingerprint density at radius 2 is 2.29 bits per heavy atom. The Kier molecular flexibility index (Phi) is 5.01. The predicted molar refractivity (Wildman–Crippen MR) is 80.8 cm³/mol. The molecule has 0 bridgehead atoms. The Morgan fingerprint density at radius 1 is 1.52 bits per heavy atom. The van der Waals surface area contributed by atoms with Crippen LogP contribution >= 0.6 is 0 Å². The van der Waals surface area contributed by atoms with Crippen LogP contribution in [0.2, 0.25) is 0 Å². The van der Waals surface area contributed by atoms with Gasteiger partial charge in [-0.25, -0.2) is 4.39 Å². The number of anilines is 2. The minimum absolute atomic E-state index is 0.0690. The van der Waals surface area contributed by atoms with Crippen molar-refractivity contribution in [1.82, 2.24) is 0 Å². The number of rotatable bonds is 5. The van der Waals surface area contributed by atoms with Crippen molar-refractivity contribution in [2.75, 3.05) is 30.3 Å². The molecule has 1 fully saturated rings. The summed E-state index contributed by atoms with van der Waals surface area (Å²) in [5.41, 5.74) is 11.5. The molecule has 0 spiro atoms. The van der Waals surface area contributed by atoms with Crippen LogP contribution in [-0.2, 0) is 4.74 Å². The van der Waals surface area contributed by atoms with E-state index in [0.29, 0.717) is 18.8 Å². The Bertz CT molecular complexity index is 522. The maximum atomic E-state index is 14.1. The van der Waals surface area contributed by atoms with E-state index in [0.717, 1.165) is 31.9 Å². The van der Waals surface area contributed by atoms with Crippen molar-refractivity contribution in [1.29, 1.82) is 0 Å². The van der Waals surface area contributed by atoms with E-state index in [1.54, 1.807) is 0 Å². The summed E-state index contributed by atoms with van der Waals surface area (Å²) in [4.78, 5) is 13.2. The van der Waals surface area contributed by atoms with Gasteiger partial charge in [-0.1, -0.05) is 6.92 Å². The second-order valence-corrected chi connectivity index (χ2v) is 5.34. The molecule has 1 saturated heterocycles. The Labute approximate surface area is 124 Å². The van der Waals surface area contributed by atoms with Crippen LogP contribution in [0.5, 0.6) is 0 Å². The van der Waals surface area contributed by atoms with Crippen molar-refractivity contribution >= 4 is 17.3 Å². The molecule has 1 amide bonds. The highest BCUT2D eigenvalue weighted by atomic mass is 19.1. The van der Waals surface area contributed by atoms with E-state index in [9.17, 15) is 9.18 Å². The van der Waals surface area contributed by atoms with E-state index in [2.05, 4.69) is 6.92 Å². The molecule has 21 heavy (non-hydrogen) atoms. The van der Waals surface area contributed by atoms with Crippen LogP contribution in [0.25, 0.3) is 0 Å². The third-order valence-electron chi connectivity index (χ3n) is 3.66. The molecule has 0 radical (unpaired) electrons. The number of carbonyl (C=O) groups is 1. The summed E-state index contributed by atoms with van der Waals surface area (Å²) < 4.78 is 19.9. The molecule has 0 saturated carbocycles. The normalized spacial score (nSPS) is 18.8. The molecule has 1 aromatic rings. The minimum atomic E-state index is -0.649. The zero-order chi connectivity index (χ0) is 15.4. The molecule has 4 N–H and O–H groups in total.